The van der Waals surface area contributed by atoms with Crippen LogP contribution in [0.3, 0.4) is 0 Å². The summed E-state index contributed by atoms with van der Waals surface area (Å²) in [7, 11) is 0. The molecule has 7 heteroatoms. The van der Waals surface area contributed by atoms with Crippen LogP contribution in [0.25, 0.3) is 0 Å². The number of amides is 2. The van der Waals surface area contributed by atoms with Gasteiger partial charge in [0.2, 0.25) is 5.91 Å². The molecule has 1 aliphatic heterocycles. The number of carbonyl (C=O) groups excluding carboxylic acids is 2. The van der Waals surface area contributed by atoms with E-state index in [1.807, 2.05) is 44.2 Å². The van der Waals surface area contributed by atoms with Crippen molar-refractivity contribution in [3.63, 3.8) is 0 Å². The molecule has 2 aromatic carbocycles. The number of nitrogens with zero attached hydrogens (tertiary/aromatic N) is 2. The average molecular weight is 435 g/mol. The van der Waals surface area contributed by atoms with Gasteiger partial charge in [0.15, 0.2) is 6.10 Å². The van der Waals surface area contributed by atoms with E-state index in [2.05, 4.69) is 21.6 Å². The molecule has 1 fully saturated rings. The van der Waals surface area contributed by atoms with Gasteiger partial charge in [-0.25, -0.2) is 0 Å². The summed E-state index contributed by atoms with van der Waals surface area (Å²) in [5.74, 6) is 0.155. The monoisotopic (exact) mass is 434 g/mol. The number of carbonyl (C=O) groups is 2. The van der Waals surface area contributed by atoms with Gasteiger partial charge in [-0.3, -0.25) is 14.5 Å². The summed E-state index contributed by atoms with van der Waals surface area (Å²) in [5.41, 5.74) is 1.20. The van der Waals surface area contributed by atoms with Crippen molar-refractivity contribution in [2.45, 2.75) is 38.8 Å². The first-order valence-electron chi connectivity index (χ1n) is 11.0. The van der Waals surface area contributed by atoms with E-state index in [1.54, 1.807) is 24.3 Å². The van der Waals surface area contributed by atoms with Crippen molar-refractivity contribution in [3.05, 3.63) is 60.2 Å². The van der Waals surface area contributed by atoms with Gasteiger partial charge in [-0.05, 0) is 43.0 Å². The standard InChI is InChI=1S/C25H30N4O3/c1-18(2)24(32-22-11-7-6-8-19(22)16-26)25(31)28-21-12-14-29(15-13-21)17-23(30)27-20-9-4-3-5-10-20/h3-11,18,21,24H,12-15,17H2,1-2H3,(H,27,30)(H,28,31). The molecule has 2 aromatic rings. The zero-order valence-electron chi connectivity index (χ0n) is 18.6. The molecule has 1 atom stereocenters. The van der Waals surface area contributed by atoms with Gasteiger partial charge in [0, 0.05) is 24.8 Å². The summed E-state index contributed by atoms with van der Waals surface area (Å²) >= 11 is 0. The maximum absolute atomic E-state index is 12.9. The molecule has 1 heterocycles. The van der Waals surface area contributed by atoms with Crippen molar-refractivity contribution in [3.8, 4) is 11.8 Å². The number of hydrogen-bond donors (Lipinski definition) is 2. The molecule has 0 bridgehead atoms. The summed E-state index contributed by atoms with van der Waals surface area (Å²) in [4.78, 5) is 27.3. The number of piperidine rings is 1. The lowest BCUT2D eigenvalue weighted by molar-refractivity contribution is -0.131. The smallest absolute Gasteiger partial charge is 0.261 e. The third kappa shape index (κ3) is 6.56. The summed E-state index contributed by atoms with van der Waals surface area (Å²) in [6.07, 6.45) is 0.854. The molecule has 2 N–H and O–H groups in total. The number of nitriles is 1. The van der Waals surface area contributed by atoms with Crippen LogP contribution < -0.4 is 15.4 Å². The highest BCUT2D eigenvalue weighted by Gasteiger charge is 2.29. The van der Waals surface area contributed by atoms with Crippen LogP contribution in [0.2, 0.25) is 0 Å². The largest absolute Gasteiger partial charge is 0.479 e. The SMILES string of the molecule is CC(C)C(Oc1ccccc1C#N)C(=O)NC1CCN(CC(=O)Nc2ccccc2)CC1. The van der Waals surface area contributed by atoms with E-state index < -0.39 is 6.10 Å². The Kier molecular flexibility index (Phi) is 8.23. The number of anilines is 1. The summed E-state index contributed by atoms with van der Waals surface area (Å²) in [6.45, 7) is 5.65. The number of para-hydroxylation sites is 2. The van der Waals surface area contributed by atoms with E-state index in [4.69, 9.17) is 4.74 Å². The average Bonchev–Trinajstić information content (AvgIpc) is 2.79. The van der Waals surface area contributed by atoms with E-state index in [0.717, 1.165) is 31.6 Å². The normalized spacial score (nSPS) is 15.6. The minimum absolute atomic E-state index is 0.0343. The van der Waals surface area contributed by atoms with E-state index in [0.29, 0.717) is 17.9 Å². The van der Waals surface area contributed by atoms with Crippen LogP contribution in [-0.4, -0.2) is 48.5 Å². The Morgan fingerprint density at radius 2 is 1.75 bits per heavy atom. The Labute approximate surface area is 189 Å². The first kappa shape index (κ1) is 23.3. The molecule has 0 aromatic heterocycles. The second-order valence-corrected chi connectivity index (χ2v) is 8.36. The molecule has 3 rings (SSSR count). The number of likely N-dealkylation sites (tertiary alicyclic amines) is 1. The minimum Gasteiger partial charge on any atom is -0.479 e. The fourth-order valence-electron chi connectivity index (χ4n) is 3.73. The molecule has 1 aliphatic rings. The quantitative estimate of drug-likeness (QED) is 0.665. The van der Waals surface area contributed by atoms with Crippen molar-refractivity contribution in [2.75, 3.05) is 25.0 Å². The minimum atomic E-state index is -0.681. The number of ether oxygens (including phenoxy) is 1. The van der Waals surface area contributed by atoms with Gasteiger partial charge in [0.05, 0.1) is 12.1 Å². The molecule has 0 spiro atoms. The number of nitrogens with one attached hydrogen (secondary N) is 2. The molecule has 0 radical (unpaired) electrons. The lowest BCUT2D eigenvalue weighted by Crippen LogP contribution is -2.50. The van der Waals surface area contributed by atoms with E-state index >= 15 is 0 Å². The molecule has 1 unspecified atom stereocenters. The fraction of sp³-hybridized carbons (Fsp3) is 0.400. The summed E-state index contributed by atoms with van der Waals surface area (Å²) in [6, 6.07) is 18.5. The van der Waals surface area contributed by atoms with Gasteiger partial charge in [-0.15, -0.1) is 0 Å². The number of rotatable bonds is 8. The molecule has 168 valence electrons. The third-order valence-electron chi connectivity index (χ3n) is 5.48. The Bertz CT molecular complexity index is 947. The van der Waals surface area contributed by atoms with Gasteiger partial charge in [-0.2, -0.15) is 5.26 Å². The van der Waals surface area contributed by atoms with E-state index in [9.17, 15) is 14.9 Å². The number of benzene rings is 2. The van der Waals surface area contributed by atoms with Crippen molar-refractivity contribution >= 4 is 17.5 Å². The Hall–Kier alpha value is -3.37. The first-order valence-corrected chi connectivity index (χ1v) is 11.0. The second-order valence-electron chi connectivity index (χ2n) is 8.36. The molecule has 1 saturated heterocycles. The van der Waals surface area contributed by atoms with Crippen molar-refractivity contribution in [2.24, 2.45) is 5.92 Å². The zero-order chi connectivity index (χ0) is 22.9. The van der Waals surface area contributed by atoms with Crippen LogP contribution in [0, 0.1) is 17.2 Å². The van der Waals surface area contributed by atoms with Gasteiger partial charge in [-0.1, -0.05) is 44.2 Å². The van der Waals surface area contributed by atoms with Gasteiger partial charge < -0.3 is 15.4 Å². The van der Waals surface area contributed by atoms with Gasteiger partial charge in [0.1, 0.15) is 11.8 Å². The Morgan fingerprint density at radius 3 is 2.41 bits per heavy atom. The lowest BCUT2D eigenvalue weighted by atomic mass is 10.0. The Balaban J connectivity index is 1.48. The van der Waals surface area contributed by atoms with Crippen LogP contribution in [0.1, 0.15) is 32.3 Å². The van der Waals surface area contributed by atoms with Crippen LogP contribution in [0.15, 0.2) is 54.6 Å². The summed E-state index contributed by atoms with van der Waals surface area (Å²) in [5, 5.41) is 15.3. The Morgan fingerprint density at radius 1 is 1.09 bits per heavy atom. The molecular formula is C25H30N4O3. The summed E-state index contributed by atoms with van der Waals surface area (Å²) < 4.78 is 5.93. The topological polar surface area (TPSA) is 94.5 Å². The molecular weight excluding hydrogens is 404 g/mol. The highest BCUT2D eigenvalue weighted by molar-refractivity contribution is 5.92. The van der Waals surface area contributed by atoms with E-state index in [-0.39, 0.29) is 23.8 Å². The van der Waals surface area contributed by atoms with Crippen LogP contribution in [-0.2, 0) is 9.59 Å². The maximum atomic E-state index is 12.9. The lowest BCUT2D eigenvalue weighted by Gasteiger charge is -2.33. The van der Waals surface area contributed by atoms with Crippen molar-refractivity contribution in [1.82, 2.24) is 10.2 Å². The maximum Gasteiger partial charge on any atom is 0.261 e. The van der Waals surface area contributed by atoms with Gasteiger partial charge in [0.25, 0.3) is 5.91 Å². The predicted octanol–water partition coefficient (Wildman–Crippen LogP) is 3.18. The molecule has 2 amide bonds. The third-order valence-corrected chi connectivity index (χ3v) is 5.48. The highest BCUT2D eigenvalue weighted by Crippen LogP contribution is 2.21. The van der Waals surface area contributed by atoms with Crippen LogP contribution in [0.4, 0.5) is 5.69 Å². The first-order chi connectivity index (χ1) is 15.5. The molecule has 7 nitrogen and oxygen atoms in total. The fourth-order valence-corrected chi connectivity index (χ4v) is 3.73. The van der Waals surface area contributed by atoms with Crippen molar-refractivity contribution < 1.29 is 14.3 Å². The number of hydrogen-bond acceptors (Lipinski definition) is 5. The molecule has 0 saturated carbocycles. The molecule has 32 heavy (non-hydrogen) atoms. The van der Waals surface area contributed by atoms with Crippen LogP contribution >= 0.6 is 0 Å². The highest BCUT2D eigenvalue weighted by atomic mass is 16.5. The van der Waals surface area contributed by atoms with Crippen molar-refractivity contribution in [1.29, 1.82) is 5.26 Å². The van der Waals surface area contributed by atoms with E-state index in [1.165, 1.54) is 0 Å². The van der Waals surface area contributed by atoms with Gasteiger partial charge >= 0.3 is 0 Å². The molecule has 0 aliphatic carbocycles. The predicted molar refractivity (Wildman–Crippen MR) is 123 cm³/mol. The van der Waals surface area contributed by atoms with Crippen LogP contribution in [0.5, 0.6) is 5.75 Å². The second kappa shape index (κ2) is 11.3. The zero-order valence-corrected chi connectivity index (χ0v) is 18.6.